The molecule has 13 heteroatoms. The number of rotatable bonds is 7. The highest BCUT2D eigenvalue weighted by Crippen LogP contribution is 2.38. The molecular weight excluding hydrogens is 604 g/mol. The van der Waals surface area contributed by atoms with Gasteiger partial charge in [0.05, 0.1) is 17.7 Å². The van der Waals surface area contributed by atoms with Gasteiger partial charge in [-0.2, -0.15) is 0 Å². The number of halogens is 2. The summed E-state index contributed by atoms with van der Waals surface area (Å²) in [4.78, 5) is 43.6. The van der Waals surface area contributed by atoms with Crippen LogP contribution in [0, 0.1) is 11.6 Å². The van der Waals surface area contributed by atoms with Crippen molar-refractivity contribution in [2.75, 3.05) is 26.7 Å². The molecule has 1 spiro atoms. The molecular formula is C32H31F2N5O5S. The van der Waals surface area contributed by atoms with Gasteiger partial charge < -0.3 is 23.8 Å². The molecule has 2 aliphatic heterocycles. The molecule has 4 heterocycles. The number of fused-ring (bicyclic) bond motifs is 1. The molecule has 0 N–H and O–H groups in total. The van der Waals surface area contributed by atoms with Crippen LogP contribution in [0.5, 0.6) is 5.75 Å². The van der Waals surface area contributed by atoms with Crippen molar-refractivity contribution >= 4 is 23.3 Å². The van der Waals surface area contributed by atoms with Gasteiger partial charge in [-0.1, -0.05) is 47.7 Å². The number of aromatic nitrogens is 3. The zero-order valence-electron chi connectivity index (χ0n) is 24.8. The third-order valence-electron chi connectivity index (χ3n) is 8.42. The van der Waals surface area contributed by atoms with Crippen molar-refractivity contribution in [2.45, 2.75) is 44.9 Å². The average molecular weight is 636 g/mol. The number of carbonyl (C=O) groups excluding carboxylic acids is 2. The van der Waals surface area contributed by atoms with Crippen molar-refractivity contribution in [3.8, 4) is 16.3 Å². The Morgan fingerprint density at radius 2 is 1.82 bits per heavy atom. The van der Waals surface area contributed by atoms with E-state index in [9.17, 15) is 23.2 Å². The second kappa shape index (κ2) is 12.4. The van der Waals surface area contributed by atoms with Crippen LogP contribution in [0.1, 0.15) is 46.4 Å². The molecule has 0 aliphatic carbocycles. The maximum absolute atomic E-state index is 14.3. The van der Waals surface area contributed by atoms with Gasteiger partial charge in [0, 0.05) is 45.4 Å². The Hall–Kier alpha value is -4.65. The van der Waals surface area contributed by atoms with Gasteiger partial charge in [-0.15, -0.1) is 10.2 Å². The first-order chi connectivity index (χ1) is 21.7. The molecule has 1 fully saturated rings. The van der Waals surface area contributed by atoms with Crippen LogP contribution in [0.25, 0.3) is 10.6 Å². The predicted octanol–water partition coefficient (Wildman–Crippen LogP) is 4.89. The standard InChI is InChI=1S/C32H31F2N5O5S/c1-3-43-31(42)38-13-11-32(12-14-38)19-39-17-23(29-36-35-25(45-29)15-21-9-10-22(33)16-24(21)34)27(40)28(26(39)30(41)37(32)2)44-18-20-7-5-4-6-8-20/h4-10,16-17H,3,11-15,18-19H2,1-2H3. The minimum Gasteiger partial charge on any atom is -0.483 e. The van der Waals surface area contributed by atoms with E-state index >= 15 is 0 Å². The number of piperidine rings is 1. The van der Waals surface area contributed by atoms with E-state index in [1.165, 1.54) is 12.1 Å². The van der Waals surface area contributed by atoms with Gasteiger partial charge in [0.1, 0.15) is 23.2 Å². The van der Waals surface area contributed by atoms with Gasteiger partial charge >= 0.3 is 6.09 Å². The summed E-state index contributed by atoms with van der Waals surface area (Å²) in [5.74, 6) is -1.82. The number of nitrogens with zero attached hydrogens (tertiary/aromatic N) is 5. The Bertz CT molecular complexity index is 1800. The highest BCUT2D eigenvalue weighted by Gasteiger charge is 2.47. The molecule has 1 saturated heterocycles. The minimum absolute atomic E-state index is 0.0639. The maximum atomic E-state index is 14.3. The van der Waals surface area contributed by atoms with Gasteiger partial charge in [0.2, 0.25) is 5.43 Å². The zero-order valence-corrected chi connectivity index (χ0v) is 25.6. The van der Waals surface area contributed by atoms with E-state index in [-0.39, 0.29) is 59.2 Å². The summed E-state index contributed by atoms with van der Waals surface area (Å²) in [6, 6.07) is 12.6. The second-order valence-electron chi connectivity index (χ2n) is 11.1. The Morgan fingerprint density at radius 3 is 2.53 bits per heavy atom. The van der Waals surface area contributed by atoms with Gasteiger partial charge in [-0.05, 0) is 37.0 Å². The van der Waals surface area contributed by atoms with Gasteiger partial charge in [-0.3, -0.25) is 9.59 Å². The summed E-state index contributed by atoms with van der Waals surface area (Å²) in [6.07, 6.45) is 2.33. The van der Waals surface area contributed by atoms with Crippen molar-refractivity contribution < 1.29 is 27.8 Å². The third kappa shape index (κ3) is 5.91. The monoisotopic (exact) mass is 635 g/mol. The van der Waals surface area contributed by atoms with Gasteiger partial charge in [-0.25, -0.2) is 13.6 Å². The third-order valence-corrected chi connectivity index (χ3v) is 9.38. The first kappa shape index (κ1) is 30.4. The number of pyridine rings is 1. The quantitative estimate of drug-likeness (QED) is 0.285. The lowest BCUT2D eigenvalue weighted by Gasteiger charge is -2.50. The summed E-state index contributed by atoms with van der Waals surface area (Å²) < 4.78 is 40.8. The van der Waals surface area contributed by atoms with Crippen LogP contribution < -0.4 is 10.2 Å². The Kier molecular flexibility index (Phi) is 8.36. The fraction of sp³-hybridized carbons (Fsp3) is 0.344. The topological polar surface area (TPSA) is 107 Å². The van der Waals surface area contributed by atoms with Crippen LogP contribution in [-0.2, 0) is 24.3 Å². The summed E-state index contributed by atoms with van der Waals surface area (Å²) in [5.41, 5.74) is 0.281. The van der Waals surface area contributed by atoms with E-state index in [0.717, 1.165) is 23.0 Å². The fourth-order valence-electron chi connectivity index (χ4n) is 5.87. The normalized spacial score (nSPS) is 15.7. The van der Waals surface area contributed by atoms with Crippen LogP contribution in [-0.4, -0.2) is 68.8 Å². The highest BCUT2D eigenvalue weighted by atomic mass is 32.1. The van der Waals surface area contributed by atoms with E-state index in [0.29, 0.717) is 37.5 Å². The van der Waals surface area contributed by atoms with Crippen molar-refractivity contribution in [2.24, 2.45) is 0 Å². The number of carbonyl (C=O) groups is 2. The van der Waals surface area contributed by atoms with E-state index in [4.69, 9.17) is 9.47 Å². The highest BCUT2D eigenvalue weighted by molar-refractivity contribution is 7.14. The number of amides is 2. The molecule has 2 aromatic heterocycles. The first-order valence-electron chi connectivity index (χ1n) is 14.6. The lowest BCUT2D eigenvalue weighted by Crippen LogP contribution is -2.62. The van der Waals surface area contributed by atoms with E-state index < -0.39 is 22.6 Å². The second-order valence-corrected chi connectivity index (χ2v) is 12.2. The zero-order chi connectivity index (χ0) is 31.7. The maximum Gasteiger partial charge on any atom is 0.409 e. The lowest BCUT2D eigenvalue weighted by atomic mass is 9.83. The smallest absolute Gasteiger partial charge is 0.409 e. The molecule has 2 aromatic carbocycles. The van der Waals surface area contributed by atoms with E-state index in [1.54, 1.807) is 34.5 Å². The molecule has 0 atom stereocenters. The lowest BCUT2D eigenvalue weighted by molar-refractivity contribution is 0.00931. The number of likely N-dealkylation sites (tertiary alicyclic amines) is 1. The van der Waals surface area contributed by atoms with Crippen molar-refractivity contribution in [3.63, 3.8) is 0 Å². The average Bonchev–Trinajstić information content (AvgIpc) is 3.50. The summed E-state index contributed by atoms with van der Waals surface area (Å²) >= 11 is 1.11. The molecule has 0 radical (unpaired) electrons. The number of hydrogen-bond donors (Lipinski definition) is 0. The molecule has 2 aliphatic rings. The molecule has 2 amide bonds. The summed E-state index contributed by atoms with van der Waals surface area (Å²) in [6.45, 7) is 3.29. The summed E-state index contributed by atoms with van der Waals surface area (Å²) in [7, 11) is 1.72. The van der Waals surface area contributed by atoms with Crippen LogP contribution in [0.4, 0.5) is 13.6 Å². The van der Waals surface area contributed by atoms with Crippen LogP contribution in [0.3, 0.4) is 0 Å². The summed E-state index contributed by atoms with van der Waals surface area (Å²) in [5, 5.41) is 9.13. The molecule has 0 bridgehead atoms. The van der Waals surface area contributed by atoms with Crippen molar-refractivity contribution in [1.82, 2.24) is 24.6 Å². The van der Waals surface area contributed by atoms with Crippen molar-refractivity contribution in [1.29, 1.82) is 0 Å². The predicted molar refractivity (Wildman–Crippen MR) is 162 cm³/mol. The molecule has 0 saturated carbocycles. The SMILES string of the molecule is CCOC(=O)N1CCC2(CC1)Cn1cc(-c3nnc(Cc4ccc(F)cc4F)s3)c(=O)c(OCc3ccccc3)c1C(=O)N2C. The molecule has 0 unspecified atom stereocenters. The number of benzene rings is 2. The molecule has 10 nitrogen and oxygen atoms in total. The molecule has 6 rings (SSSR count). The van der Waals surface area contributed by atoms with E-state index in [2.05, 4.69) is 10.2 Å². The number of hydrogen-bond acceptors (Lipinski definition) is 8. The largest absolute Gasteiger partial charge is 0.483 e. The Balaban J connectivity index is 1.37. The number of likely N-dealkylation sites (N-methyl/N-ethyl adjacent to an activating group) is 1. The van der Waals surface area contributed by atoms with Crippen LogP contribution in [0.15, 0.2) is 59.5 Å². The Labute approximate surface area is 261 Å². The number of ether oxygens (including phenoxy) is 2. The van der Waals surface area contributed by atoms with E-state index in [1.807, 2.05) is 30.3 Å². The van der Waals surface area contributed by atoms with Gasteiger partial charge in [0.25, 0.3) is 5.91 Å². The molecule has 45 heavy (non-hydrogen) atoms. The first-order valence-corrected chi connectivity index (χ1v) is 15.4. The molecule has 4 aromatic rings. The van der Waals surface area contributed by atoms with Crippen LogP contribution in [0.2, 0.25) is 0 Å². The molecule has 234 valence electrons. The van der Waals surface area contributed by atoms with Crippen LogP contribution >= 0.6 is 11.3 Å². The minimum atomic E-state index is -0.695. The Morgan fingerprint density at radius 1 is 1.07 bits per heavy atom. The fourth-order valence-corrected chi connectivity index (χ4v) is 6.74. The van der Waals surface area contributed by atoms with Crippen molar-refractivity contribution in [3.05, 3.63) is 98.4 Å². The van der Waals surface area contributed by atoms with Gasteiger partial charge in [0.15, 0.2) is 16.5 Å².